The molecule has 0 spiro atoms. The number of carbonyl (C=O) groups excluding carboxylic acids is 3. The van der Waals surface area contributed by atoms with E-state index < -0.39 is 17.8 Å². The van der Waals surface area contributed by atoms with Crippen molar-refractivity contribution < 1.29 is 18.8 Å². The Bertz CT molecular complexity index is 886. The van der Waals surface area contributed by atoms with Gasteiger partial charge < -0.3 is 10.2 Å². The number of nitrogens with zero attached hydrogens (tertiary/aromatic N) is 2. The molecule has 0 aliphatic carbocycles. The number of urea groups is 1. The van der Waals surface area contributed by atoms with Crippen molar-refractivity contribution in [2.75, 3.05) is 32.7 Å². The van der Waals surface area contributed by atoms with Crippen LogP contribution in [0.5, 0.6) is 0 Å². The summed E-state index contributed by atoms with van der Waals surface area (Å²) in [6.07, 6.45) is 0. The summed E-state index contributed by atoms with van der Waals surface area (Å²) in [5.41, 5.74) is 0.252. The molecule has 2 N–H and O–H groups in total. The molecule has 1 aliphatic rings. The molecule has 1 fully saturated rings. The van der Waals surface area contributed by atoms with Gasteiger partial charge >= 0.3 is 6.03 Å². The van der Waals surface area contributed by atoms with Crippen molar-refractivity contribution in [3.63, 3.8) is 0 Å². The number of halogens is 2. The topological polar surface area (TPSA) is 81.8 Å². The zero-order valence-corrected chi connectivity index (χ0v) is 17.1. The van der Waals surface area contributed by atoms with Crippen LogP contribution in [-0.2, 0) is 11.3 Å². The number of hydrogen-bond acceptors (Lipinski definition) is 5. The van der Waals surface area contributed by atoms with Crippen LogP contribution in [0, 0.1) is 5.82 Å². The maximum absolute atomic E-state index is 13.2. The van der Waals surface area contributed by atoms with Crippen LogP contribution >= 0.6 is 22.9 Å². The van der Waals surface area contributed by atoms with Gasteiger partial charge in [0.25, 0.3) is 5.91 Å². The molecule has 3 rings (SSSR count). The van der Waals surface area contributed by atoms with Crippen molar-refractivity contribution in [1.29, 1.82) is 0 Å². The molecule has 29 heavy (non-hydrogen) atoms. The third-order valence-electron chi connectivity index (χ3n) is 4.44. The highest BCUT2D eigenvalue weighted by Gasteiger charge is 2.25. The Morgan fingerprint density at radius 3 is 2.55 bits per heavy atom. The first kappa shape index (κ1) is 21.2. The summed E-state index contributed by atoms with van der Waals surface area (Å²) in [5, 5.41) is 6.92. The van der Waals surface area contributed by atoms with E-state index in [0.29, 0.717) is 32.7 Å². The second-order valence-electron chi connectivity index (χ2n) is 6.50. The third-order valence-corrected chi connectivity index (χ3v) is 5.63. The predicted octanol–water partition coefficient (Wildman–Crippen LogP) is 2.32. The van der Waals surface area contributed by atoms with Crippen LogP contribution in [0.1, 0.15) is 15.2 Å². The fourth-order valence-electron chi connectivity index (χ4n) is 2.94. The Morgan fingerprint density at radius 2 is 1.90 bits per heavy atom. The van der Waals surface area contributed by atoms with E-state index in [-0.39, 0.29) is 23.0 Å². The summed E-state index contributed by atoms with van der Waals surface area (Å²) in [7, 11) is 0. The van der Waals surface area contributed by atoms with Crippen LogP contribution in [0.25, 0.3) is 0 Å². The van der Waals surface area contributed by atoms with Gasteiger partial charge in [-0.1, -0.05) is 17.7 Å². The summed E-state index contributed by atoms with van der Waals surface area (Å²) in [5.74, 6) is -1.18. The molecule has 0 atom stereocenters. The highest BCUT2D eigenvalue weighted by molar-refractivity contribution is 7.09. The van der Waals surface area contributed by atoms with Crippen LogP contribution in [0.2, 0.25) is 5.02 Å². The number of nitrogens with one attached hydrogen (secondary N) is 2. The molecule has 0 bridgehead atoms. The number of rotatable bonds is 5. The first-order valence-corrected chi connectivity index (χ1v) is 10.2. The van der Waals surface area contributed by atoms with Gasteiger partial charge in [0, 0.05) is 31.1 Å². The maximum Gasteiger partial charge on any atom is 0.321 e. The van der Waals surface area contributed by atoms with Crippen LogP contribution in [0.4, 0.5) is 9.18 Å². The number of imide groups is 1. The lowest BCUT2D eigenvalue weighted by Crippen LogP contribution is -2.52. The number of thiophene rings is 1. The first-order chi connectivity index (χ1) is 13.9. The molecule has 1 aromatic heterocycles. The molecule has 2 aromatic rings. The second kappa shape index (κ2) is 9.82. The molecule has 154 valence electrons. The fourth-order valence-corrected chi connectivity index (χ4v) is 3.83. The highest BCUT2D eigenvalue weighted by Crippen LogP contribution is 2.19. The molecular formula is C19H20ClFN4O3S. The zero-order chi connectivity index (χ0) is 20.8. The second-order valence-corrected chi connectivity index (χ2v) is 7.94. The molecule has 0 unspecified atom stereocenters. The number of piperazine rings is 1. The average molecular weight is 439 g/mol. The highest BCUT2D eigenvalue weighted by atomic mass is 35.5. The van der Waals surface area contributed by atoms with Gasteiger partial charge in [-0.25, -0.2) is 9.18 Å². The molecule has 1 saturated heterocycles. The Hall–Kier alpha value is -2.49. The lowest BCUT2D eigenvalue weighted by Gasteiger charge is -2.34. The Balaban J connectivity index is 1.41. The molecule has 4 amide bonds. The summed E-state index contributed by atoms with van der Waals surface area (Å²) >= 11 is 7.48. The lowest BCUT2D eigenvalue weighted by atomic mass is 10.1. The van der Waals surface area contributed by atoms with Crippen molar-refractivity contribution in [2.45, 2.75) is 6.54 Å². The summed E-state index contributed by atoms with van der Waals surface area (Å²) < 4.78 is 13.2. The van der Waals surface area contributed by atoms with Crippen molar-refractivity contribution in [1.82, 2.24) is 20.4 Å². The third kappa shape index (κ3) is 5.99. The van der Waals surface area contributed by atoms with E-state index in [0.717, 1.165) is 10.9 Å². The molecule has 7 nitrogen and oxygen atoms in total. The van der Waals surface area contributed by atoms with Gasteiger partial charge in [0.15, 0.2) is 0 Å². The quantitative estimate of drug-likeness (QED) is 0.750. The zero-order valence-electron chi connectivity index (χ0n) is 15.5. The first-order valence-electron chi connectivity index (χ1n) is 8.99. The van der Waals surface area contributed by atoms with Gasteiger partial charge in [0.05, 0.1) is 23.7 Å². The number of hydrogen-bond donors (Lipinski definition) is 2. The van der Waals surface area contributed by atoms with Crippen molar-refractivity contribution in [3.8, 4) is 0 Å². The fraction of sp³-hybridized carbons (Fsp3) is 0.316. The minimum atomic E-state index is -0.539. The van der Waals surface area contributed by atoms with Crippen molar-refractivity contribution >= 4 is 40.8 Å². The van der Waals surface area contributed by atoms with Crippen LogP contribution in [0.3, 0.4) is 0 Å². The number of carbonyl (C=O) groups is 3. The van der Waals surface area contributed by atoms with Crippen molar-refractivity contribution in [3.05, 3.63) is 57.0 Å². The summed E-state index contributed by atoms with van der Waals surface area (Å²) in [6.45, 7) is 2.20. The van der Waals surface area contributed by atoms with E-state index in [4.69, 9.17) is 11.6 Å². The number of benzene rings is 1. The smallest absolute Gasteiger partial charge is 0.321 e. The molecule has 1 aromatic carbocycles. The molecule has 10 heteroatoms. The van der Waals surface area contributed by atoms with E-state index in [1.807, 2.05) is 22.4 Å². The monoisotopic (exact) mass is 438 g/mol. The summed E-state index contributed by atoms with van der Waals surface area (Å²) in [4.78, 5) is 40.9. The Kier molecular flexibility index (Phi) is 7.18. The summed E-state index contributed by atoms with van der Waals surface area (Å²) in [6, 6.07) is 6.92. The lowest BCUT2D eigenvalue weighted by molar-refractivity contribution is -0.121. The molecule has 2 heterocycles. The van der Waals surface area contributed by atoms with Gasteiger partial charge in [0.2, 0.25) is 5.91 Å². The minimum absolute atomic E-state index is 0.0613. The SMILES string of the molecule is O=C(CN1CCN(C(=O)c2ccc(F)cc2Cl)CC1)NC(=O)NCc1cccs1. The maximum atomic E-state index is 13.2. The van der Waals surface area contributed by atoms with Crippen LogP contribution in [0.15, 0.2) is 35.7 Å². The van der Waals surface area contributed by atoms with E-state index in [1.165, 1.54) is 23.5 Å². The molecular weight excluding hydrogens is 419 g/mol. The van der Waals surface area contributed by atoms with Crippen molar-refractivity contribution in [2.24, 2.45) is 0 Å². The van der Waals surface area contributed by atoms with Crippen LogP contribution < -0.4 is 10.6 Å². The number of amides is 4. The van der Waals surface area contributed by atoms with Gasteiger partial charge in [-0.15, -0.1) is 11.3 Å². The van der Waals surface area contributed by atoms with E-state index in [2.05, 4.69) is 10.6 Å². The minimum Gasteiger partial charge on any atom is -0.336 e. The molecule has 0 radical (unpaired) electrons. The van der Waals surface area contributed by atoms with E-state index >= 15 is 0 Å². The largest absolute Gasteiger partial charge is 0.336 e. The average Bonchev–Trinajstić information content (AvgIpc) is 3.20. The van der Waals surface area contributed by atoms with Crippen LogP contribution in [-0.4, -0.2) is 60.4 Å². The van der Waals surface area contributed by atoms with E-state index in [1.54, 1.807) is 4.90 Å². The Labute approximate surface area is 176 Å². The van der Waals surface area contributed by atoms with Gasteiger partial charge in [-0.3, -0.25) is 19.8 Å². The standard InChI is InChI=1S/C19H20ClFN4O3S/c20-16-10-13(21)3-4-15(16)18(27)25-7-5-24(6-8-25)12-17(26)23-19(28)22-11-14-2-1-9-29-14/h1-4,9-10H,5-8,11-12H2,(H2,22,23,26,28). The predicted molar refractivity (Wildman–Crippen MR) is 108 cm³/mol. The normalized spacial score (nSPS) is 14.5. The molecule has 0 saturated carbocycles. The van der Waals surface area contributed by atoms with Gasteiger partial charge in [-0.2, -0.15) is 0 Å². The van der Waals surface area contributed by atoms with Gasteiger partial charge in [0.1, 0.15) is 5.82 Å². The Morgan fingerprint density at radius 1 is 1.14 bits per heavy atom. The molecule has 1 aliphatic heterocycles. The van der Waals surface area contributed by atoms with Gasteiger partial charge in [-0.05, 0) is 29.6 Å². The van der Waals surface area contributed by atoms with E-state index in [9.17, 15) is 18.8 Å².